The van der Waals surface area contributed by atoms with Gasteiger partial charge in [0.1, 0.15) is 13.2 Å². The number of rotatable bonds is 3. The van der Waals surface area contributed by atoms with E-state index in [0.717, 1.165) is 0 Å². The number of aromatic nitrogens is 2. The number of benzene rings is 1. The number of anilines is 2. The monoisotopic (exact) mass is 287 g/mol. The number of amides is 1. The molecule has 2 aromatic rings. The number of hydrogen-bond acceptors (Lipinski definition) is 7. The number of carbonyl (C=O) groups is 1. The smallest absolute Gasteiger partial charge is 0.276 e. The molecule has 0 saturated heterocycles. The molecule has 0 fully saturated rings. The average Bonchev–Trinajstić information content (AvgIpc) is 2.55. The molecule has 8 heteroatoms. The molecule has 0 saturated carbocycles. The molecule has 0 aliphatic carbocycles. The lowest BCUT2D eigenvalue weighted by Gasteiger charge is -2.18. The minimum absolute atomic E-state index is 0.184. The normalized spacial score (nSPS) is 12.6. The van der Waals surface area contributed by atoms with Crippen LogP contribution >= 0.6 is 0 Å². The molecule has 21 heavy (non-hydrogen) atoms. The average molecular weight is 287 g/mol. The first-order valence-electron chi connectivity index (χ1n) is 6.27. The van der Waals surface area contributed by atoms with E-state index in [9.17, 15) is 4.79 Å². The molecule has 2 heterocycles. The van der Waals surface area contributed by atoms with Gasteiger partial charge >= 0.3 is 0 Å². The van der Waals surface area contributed by atoms with Gasteiger partial charge in [0.15, 0.2) is 23.0 Å². The molecule has 0 atom stereocenters. The van der Waals surface area contributed by atoms with Crippen LogP contribution in [0.4, 0.5) is 11.5 Å². The van der Waals surface area contributed by atoms with Gasteiger partial charge in [-0.1, -0.05) is 0 Å². The lowest BCUT2D eigenvalue weighted by molar-refractivity contribution is 0.102. The highest BCUT2D eigenvalue weighted by Crippen LogP contribution is 2.32. The summed E-state index contributed by atoms with van der Waals surface area (Å²) in [6, 6.07) is 8.27. The molecular formula is C13H13N5O3. The summed E-state index contributed by atoms with van der Waals surface area (Å²) in [6.45, 7) is 1.01. The van der Waals surface area contributed by atoms with Crippen molar-refractivity contribution < 1.29 is 14.3 Å². The first-order valence-corrected chi connectivity index (χ1v) is 6.27. The minimum atomic E-state index is -0.372. The third-order valence-electron chi connectivity index (χ3n) is 2.85. The van der Waals surface area contributed by atoms with Crippen LogP contribution in [0.15, 0.2) is 30.3 Å². The fourth-order valence-electron chi connectivity index (χ4n) is 1.85. The minimum Gasteiger partial charge on any atom is -0.486 e. The summed E-state index contributed by atoms with van der Waals surface area (Å²) in [5.74, 6) is 6.46. The Morgan fingerprint density at radius 1 is 1.10 bits per heavy atom. The van der Waals surface area contributed by atoms with Crippen LogP contribution in [-0.2, 0) is 0 Å². The Bertz CT molecular complexity index is 659. The Labute approximate surface area is 120 Å². The molecule has 8 nitrogen and oxygen atoms in total. The van der Waals surface area contributed by atoms with Crippen LogP contribution < -0.4 is 26.1 Å². The van der Waals surface area contributed by atoms with E-state index in [2.05, 4.69) is 20.9 Å². The fourth-order valence-corrected chi connectivity index (χ4v) is 1.85. The third kappa shape index (κ3) is 2.84. The van der Waals surface area contributed by atoms with E-state index in [1.54, 1.807) is 24.3 Å². The first-order chi connectivity index (χ1) is 10.3. The molecular weight excluding hydrogens is 274 g/mol. The maximum atomic E-state index is 12.0. The zero-order chi connectivity index (χ0) is 14.7. The van der Waals surface area contributed by atoms with Crippen molar-refractivity contribution in [1.82, 2.24) is 10.2 Å². The number of nitrogens with zero attached hydrogens (tertiary/aromatic N) is 2. The molecule has 1 amide bonds. The molecule has 0 spiro atoms. The highest BCUT2D eigenvalue weighted by atomic mass is 16.6. The summed E-state index contributed by atoms with van der Waals surface area (Å²) in [6.07, 6.45) is 0. The largest absolute Gasteiger partial charge is 0.486 e. The lowest BCUT2D eigenvalue weighted by Crippen LogP contribution is -2.17. The summed E-state index contributed by atoms with van der Waals surface area (Å²) in [4.78, 5) is 12.0. The van der Waals surface area contributed by atoms with Gasteiger partial charge in [-0.15, -0.1) is 10.2 Å². The van der Waals surface area contributed by atoms with E-state index in [-0.39, 0.29) is 11.6 Å². The molecule has 4 N–H and O–H groups in total. The van der Waals surface area contributed by atoms with Crippen LogP contribution in [0.5, 0.6) is 11.5 Å². The Balaban J connectivity index is 1.74. The van der Waals surface area contributed by atoms with Crippen LogP contribution in [0.2, 0.25) is 0 Å². The summed E-state index contributed by atoms with van der Waals surface area (Å²) in [5, 5.41) is 10.2. The molecule has 3 rings (SSSR count). The zero-order valence-electron chi connectivity index (χ0n) is 11.0. The second-order valence-corrected chi connectivity index (χ2v) is 4.26. The summed E-state index contributed by atoms with van der Waals surface area (Å²) in [5.41, 5.74) is 3.12. The van der Waals surface area contributed by atoms with E-state index in [0.29, 0.717) is 36.2 Å². The first kappa shape index (κ1) is 13.1. The van der Waals surface area contributed by atoms with E-state index in [4.69, 9.17) is 15.3 Å². The molecule has 1 aromatic heterocycles. The van der Waals surface area contributed by atoms with Gasteiger partial charge in [0.05, 0.1) is 0 Å². The van der Waals surface area contributed by atoms with Crippen molar-refractivity contribution in [3.63, 3.8) is 0 Å². The van der Waals surface area contributed by atoms with Crippen LogP contribution in [0.1, 0.15) is 10.5 Å². The number of hydrogen-bond donors (Lipinski definition) is 3. The molecule has 1 aromatic carbocycles. The van der Waals surface area contributed by atoms with Gasteiger partial charge < -0.3 is 20.2 Å². The highest BCUT2D eigenvalue weighted by molar-refractivity contribution is 6.02. The molecule has 1 aliphatic heterocycles. The van der Waals surface area contributed by atoms with Gasteiger partial charge in [-0.05, 0) is 24.3 Å². The third-order valence-corrected chi connectivity index (χ3v) is 2.85. The Morgan fingerprint density at radius 3 is 2.62 bits per heavy atom. The zero-order valence-corrected chi connectivity index (χ0v) is 11.0. The van der Waals surface area contributed by atoms with Crippen molar-refractivity contribution in [1.29, 1.82) is 0 Å². The number of fused-ring (bicyclic) bond motifs is 1. The van der Waals surface area contributed by atoms with Gasteiger partial charge in [0.25, 0.3) is 5.91 Å². The number of carbonyl (C=O) groups excluding carboxylic acids is 1. The number of nitrogens with one attached hydrogen (secondary N) is 2. The van der Waals surface area contributed by atoms with Crippen molar-refractivity contribution in [2.45, 2.75) is 0 Å². The van der Waals surface area contributed by atoms with Crippen LogP contribution in [-0.4, -0.2) is 29.3 Å². The Kier molecular flexibility index (Phi) is 3.52. The second-order valence-electron chi connectivity index (χ2n) is 4.26. The molecule has 1 aliphatic rings. The van der Waals surface area contributed by atoms with Gasteiger partial charge in [0.2, 0.25) is 0 Å². The maximum Gasteiger partial charge on any atom is 0.276 e. The molecule has 0 bridgehead atoms. The summed E-state index contributed by atoms with van der Waals surface area (Å²) < 4.78 is 10.9. The summed E-state index contributed by atoms with van der Waals surface area (Å²) in [7, 11) is 0. The topological polar surface area (TPSA) is 111 Å². The number of ether oxygens (including phenoxy) is 2. The van der Waals surface area contributed by atoms with E-state index in [1.165, 1.54) is 6.07 Å². The van der Waals surface area contributed by atoms with E-state index < -0.39 is 0 Å². The van der Waals surface area contributed by atoms with Crippen molar-refractivity contribution in [3.05, 3.63) is 36.0 Å². The van der Waals surface area contributed by atoms with Crippen LogP contribution in [0, 0.1) is 0 Å². The van der Waals surface area contributed by atoms with Gasteiger partial charge in [-0.3, -0.25) is 4.79 Å². The second kappa shape index (κ2) is 5.63. The predicted octanol–water partition coefficient (Wildman–Crippen LogP) is 0.786. The summed E-state index contributed by atoms with van der Waals surface area (Å²) >= 11 is 0. The lowest BCUT2D eigenvalue weighted by atomic mass is 10.2. The van der Waals surface area contributed by atoms with Crippen molar-refractivity contribution in [3.8, 4) is 11.5 Å². The van der Waals surface area contributed by atoms with Crippen LogP contribution in [0.25, 0.3) is 0 Å². The predicted molar refractivity (Wildman–Crippen MR) is 75.2 cm³/mol. The number of nitrogens with two attached hydrogens (primary N) is 1. The number of nitrogen functional groups attached to an aromatic ring is 1. The SMILES string of the molecule is NNc1ccc(C(=O)Nc2ccc3c(c2)OCCO3)nn1. The molecule has 0 unspecified atom stereocenters. The van der Waals surface area contributed by atoms with Gasteiger partial charge in [0, 0.05) is 11.8 Å². The van der Waals surface area contributed by atoms with Gasteiger partial charge in [-0.2, -0.15) is 0 Å². The standard InChI is InChI=1S/C13H13N5O3/c14-16-12-4-2-9(17-18-12)13(19)15-8-1-3-10-11(7-8)21-6-5-20-10/h1-4,7H,5-6,14H2,(H,15,19)(H,16,18). The quantitative estimate of drug-likeness (QED) is 0.565. The van der Waals surface area contributed by atoms with E-state index >= 15 is 0 Å². The Morgan fingerprint density at radius 2 is 1.90 bits per heavy atom. The molecule has 108 valence electrons. The Hall–Kier alpha value is -2.87. The van der Waals surface area contributed by atoms with E-state index in [1.807, 2.05) is 0 Å². The highest BCUT2D eigenvalue weighted by Gasteiger charge is 2.14. The van der Waals surface area contributed by atoms with Crippen molar-refractivity contribution in [2.75, 3.05) is 24.0 Å². The number of hydrazine groups is 1. The fraction of sp³-hybridized carbons (Fsp3) is 0.154. The van der Waals surface area contributed by atoms with Crippen molar-refractivity contribution in [2.24, 2.45) is 5.84 Å². The maximum absolute atomic E-state index is 12.0. The molecule has 0 radical (unpaired) electrons. The van der Waals surface area contributed by atoms with Gasteiger partial charge in [-0.25, -0.2) is 5.84 Å². The van der Waals surface area contributed by atoms with Crippen molar-refractivity contribution >= 4 is 17.4 Å². The van der Waals surface area contributed by atoms with Crippen LogP contribution in [0.3, 0.4) is 0 Å².